The first-order chi connectivity index (χ1) is 12.5. The van der Waals surface area contributed by atoms with Crippen LogP contribution in [0.2, 0.25) is 0 Å². The molecule has 2 heterocycles. The summed E-state index contributed by atoms with van der Waals surface area (Å²) in [5, 5.41) is 4.97. The Morgan fingerprint density at radius 2 is 2.00 bits per heavy atom. The normalized spacial score (nSPS) is 25.7. The van der Waals surface area contributed by atoms with Gasteiger partial charge in [0.05, 0.1) is 7.11 Å². The molecule has 0 radical (unpaired) electrons. The number of aromatic nitrogens is 1. The van der Waals surface area contributed by atoms with Crippen molar-refractivity contribution in [2.24, 2.45) is 5.92 Å². The molecule has 1 unspecified atom stereocenters. The maximum atomic E-state index is 12.8. The lowest BCUT2D eigenvalue weighted by molar-refractivity contribution is -0.152. The zero-order chi connectivity index (χ0) is 18.7. The van der Waals surface area contributed by atoms with Gasteiger partial charge in [-0.1, -0.05) is 0 Å². The topological polar surface area (TPSA) is 115 Å². The molecule has 1 atom stereocenters. The average molecular weight is 380 g/mol. The van der Waals surface area contributed by atoms with Crippen molar-refractivity contribution in [1.82, 2.24) is 15.2 Å². The zero-order valence-electron chi connectivity index (χ0n) is 14.8. The molecule has 26 heavy (non-hydrogen) atoms. The molecule has 0 aromatic carbocycles. The highest BCUT2D eigenvalue weighted by molar-refractivity contribution is 7.13. The maximum absolute atomic E-state index is 12.8. The highest BCUT2D eigenvalue weighted by Gasteiger charge is 2.38. The molecule has 1 aliphatic carbocycles. The number of methoxy groups -OCH3 is 1. The van der Waals surface area contributed by atoms with Crippen LogP contribution in [0.25, 0.3) is 0 Å². The molecule has 3 N–H and O–H groups in total. The van der Waals surface area contributed by atoms with Crippen molar-refractivity contribution in [2.75, 3.05) is 19.4 Å². The Morgan fingerprint density at radius 3 is 2.62 bits per heavy atom. The molecular weight excluding hydrogens is 356 g/mol. The van der Waals surface area contributed by atoms with Gasteiger partial charge in [-0.25, -0.2) is 9.78 Å². The van der Waals surface area contributed by atoms with Gasteiger partial charge < -0.3 is 20.7 Å². The Bertz CT molecular complexity index is 684. The molecule has 1 aliphatic heterocycles. The van der Waals surface area contributed by atoms with Crippen LogP contribution < -0.4 is 11.1 Å². The SMILES string of the molecule is COC(=O)C1CCCN1C(=O)C1CCC(NC(=O)c2csc(N)n2)CC1. The van der Waals surface area contributed by atoms with E-state index in [0.29, 0.717) is 36.6 Å². The number of likely N-dealkylation sites (tertiary alicyclic amines) is 1. The molecule has 1 saturated carbocycles. The average Bonchev–Trinajstić information content (AvgIpc) is 3.30. The fourth-order valence-corrected chi connectivity index (χ4v) is 4.33. The number of nitrogen functional groups attached to an aromatic ring is 1. The first-order valence-electron chi connectivity index (χ1n) is 8.89. The van der Waals surface area contributed by atoms with Crippen molar-refractivity contribution in [1.29, 1.82) is 0 Å². The summed E-state index contributed by atoms with van der Waals surface area (Å²) in [6, 6.07) is -0.412. The monoisotopic (exact) mass is 380 g/mol. The molecule has 9 heteroatoms. The first-order valence-corrected chi connectivity index (χ1v) is 9.77. The van der Waals surface area contributed by atoms with Gasteiger partial charge in [-0.05, 0) is 38.5 Å². The number of esters is 1. The van der Waals surface area contributed by atoms with Crippen molar-refractivity contribution in [3.8, 4) is 0 Å². The van der Waals surface area contributed by atoms with E-state index in [9.17, 15) is 14.4 Å². The zero-order valence-corrected chi connectivity index (χ0v) is 15.6. The quantitative estimate of drug-likeness (QED) is 0.758. The van der Waals surface area contributed by atoms with Gasteiger partial charge in [-0.2, -0.15) is 0 Å². The van der Waals surface area contributed by atoms with Gasteiger partial charge in [0.25, 0.3) is 5.91 Å². The number of nitrogens with one attached hydrogen (secondary N) is 1. The van der Waals surface area contributed by atoms with Crippen molar-refractivity contribution in [3.63, 3.8) is 0 Å². The van der Waals surface area contributed by atoms with E-state index in [1.165, 1.54) is 18.4 Å². The highest BCUT2D eigenvalue weighted by Crippen LogP contribution is 2.29. The van der Waals surface area contributed by atoms with E-state index in [-0.39, 0.29) is 29.7 Å². The minimum absolute atomic E-state index is 0.0319. The molecule has 0 bridgehead atoms. The fourth-order valence-electron chi connectivity index (χ4n) is 3.78. The van der Waals surface area contributed by atoms with Crippen molar-refractivity contribution in [3.05, 3.63) is 11.1 Å². The summed E-state index contributed by atoms with van der Waals surface area (Å²) in [4.78, 5) is 42.4. The molecule has 2 amide bonds. The number of anilines is 1. The molecule has 0 spiro atoms. The Morgan fingerprint density at radius 1 is 1.27 bits per heavy atom. The predicted octanol–water partition coefficient (Wildman–Crippen LogP) is 1.18. The maximum Gasteiger partial charge on any atom is 0.328 e. The van der Waals surface area contributed by atoms with Crippen LogP contribution in [-0.4, -0.2) is 53.4 Å². The van der Waals surface area contributed by atoms with Gasteiger partial charge in [0.1, 0.15) is 11.7 Å². The number of ether oxygens (including phenoxy) is 1. The van der Waals surface area contributed by atoms with Crippen molar-refractivity contribution >= 4 is 34.3 Å². The highest BCUT2D eigenvalue weighted by atomic mass is 32.1. The fraction of sp³-hybridized carbons (Fsp3) is 0.647. The van der Waals surface area contributed by atoms with E-state index in [0.717, 1.165) is 19.3 Å². The number of carbonyl (C=O) groups is 3. The second-order valence-electron chi connectivity index (χ2n) is 6.81. The van der Waals surface area contributed by atoms with Crippen LogP contribution in [0.4, 0.5) is 5.13 Å². The van der Waals surface area contributed by atoms with E-state index < -0.39 is 6.04 Å². The van der Waals surface area contributed by atoms with Gasteiger partial charge >= 0.3 is 5.97 Å². The molecule has 2 aliphatic rings. The largest absolute Gasteiger partial charge is 0.467 e. The van der Waals surface area contributed by atoms with Gasteiger partial charge in [0.2, 0.25) is 5.91 Å². The summed E-state index contributed by atoms with van der Waals surface area (Å²) in [5.41, 5.74) is 5.89. The lowest BCUT2D eigenvalue weighted by Crippen LogP contribution is -2.46. The minimum Gasteiger partial charge on any atom is -0.467 e. The smallest absolute Gasteiger partial charge is 0.328 e. The second-order valence-corrected chi connectivity index (χ2v) is 7.70. The Balaban J connectivity index is 1.51. The molecule has 1 aromatic rings. The summed E-state index contributed by atoms with van der Waals surface area (Å²) in [6.45, 7) is 0.612. The lowest BCUT2D eigenvalue weighted by Gasteiger charge is -2.32. The van der Waals surface area contributed by atoms with Gasteiger partial charge in [-0.3, -0.25) is 9.59 Å². The summed E-state index contributed by atoms with van der Waals surface area (Å²) in [7, 11) is 1.35. The Labute approximate surface area is 156 Å². The Hall–Kier alpha value is -2.16. The summed E-state index contributed by atoms with van der Waals surface area (Å²) < 4.78 is 4.81. The molecule has 3 rings (SSSR count). The number of hydrogen-bond acceptors (Lipinski definition) is 7. The van der Waals surface area contributed by atoms with E-state index in [1.807, 2.05) is 0 Å². The summed E-state index contributed by atoms with van der Waals surface area (Å²) in [6.07, 6.45) is 4.37. The van der Waals surface area contributed by atoms with Gasteiger partial charge in [-0.15, -0.1) is 11.3 Å². The molecular formula is C17H24N4O4S. The summed E-state index contributed by atoms with van der Waals surface area (Å²) >= 11 is 1.24. The molecule has 1 aromatic heterocycles. The third kappa shape index (κ3) is 3.98. The van der Waals surface area contributed by atoms with E-state index in [1.54, 1.807) is 10.3 Å². The third-order valence-electron chi connectivity index (χ3n) is 5.18. The van der Waals surface area contributed by atoms with Crippen LogP contribution in [0, 0.1) is 5.92 Å². The minimum atomic E-state index is -0.444. The number of carbonyl (C=O) groups excluding carboxylic acids is 3. The lowest BCUT2D eigenvalue weighted by atomic mass is 9.85. The van der Waals surface area contributed by atoms with E-state index in [2.05, 4.69) is 10.3 Å². The standard InChI is InChI=1S/C17H24N4O4S/c1-25-16(24)13-3-2-8-21(13)15(23)10-4-6-11(7-5-10)19-14(22)12-9-26-17(18)20-12/h9-11,13H,2-8H2,1H3,(H2,18,20)(H,19,22). The second kappa shape index (κ2) is 8.03. The molecule has 142 valence electrons. The van der Waals surface area contributed by atoms with E-state index >= 15 is 0 Å². The van der Waals surface area contributed by atoms with Crippen molar-refractivity contribution in [2.45, 2.75) is 50.6 Å². The van der Waals surface area contributed by atoms with Crippen LogP contribution in [0.15, 0.2) is 5.38 Å². The third-order valence-corrected chi connectivity index (χ3v) is 5.85. The number of nitrogens with two attached hydrogens (primary N) is 1. The van der Waals surface area contributed by atoms with Crippen molar-refractivity contribution < 1.29 is 19.1 Å². The predicted molar refractivity (Wildman–Crippen MR) is 96.5 cm³/mol. The summed E-state index contributed by atoms with van der Waals surface area (Å²) in [5.74, 6) is -0.615. The molecule has 1 saturated heterocycles. The number of nitrogens with zero attached hydrogens (tertiary/aromatic N) is 2. The van der Waals surface area contributed by atoms with Gasteiger partial charge in [0.15, 0.2) is 5.13 Å². The van der Waals surface area contributed by atoms with Crippen LogP contribution in [0.1, 0.15) is 49.0 Å². The Kier molecular flexibility index (Phi) is 5.75. The number of hydrogen-bond donors (Lipinski definition) is 2. The number of thiazole rings is 1. The van der Waals surface area contributed by atoms with E-state index in [4.69, 9.17) is 10.5 Å². The van der Waals surface area contributed by atoms with Crippen LogP contribution in [0.3, 0.4) is 0 Å². The van der Waals surface area contributed by atoms with Gasteiger partial charge in [0, 0.05) is 23.9 Å². The number of rotatable bonds is 4. The number of amides is 2. The van der Waals surface area contributed by atoms with Crippen LogP contribution >= 0.6 is 11.3 Å². The molecule has 8 nitrogen and oxygen atoms in total. The van der Waals surface area contributed by atoms with Crippen LogP contribution in [-0.2, 0) is 14.3 Å². The molecule has 2 fully saturated rings. The first kappa shape index (κ1) is 18.6. The van der Waals surface area contributed by atoms with Crippen LogP contribution in [0.5, 0.6) is 0 Å².